The third kappa shape index (κ3) is 6.20. The summed E-state index contributed by atoms with van der Waals surface area (Å²) in [6, 6.07) is 71.1. The predicted octanol–water partition coefficient (Wildman–Crippen LogP) is 12.9. The first kappa shape index (κ1) is 34.2. The molecule has 11 rings (SSSR count). The van der Waals surface area contributed by atoms with E-state index in [2.05, 4.69) is 126 Å². The van der Waals surface area contributed by atoms with Crippen molar-refractivity contribution in [1.29, 1.82) is 0 Å². The van der Waals surface area contributed by atoms with Crippen molar-refractivity contribution >= 4 is 32.7 Å². The van der Waals surface area contributed by atoms with Crippen LogP contribution in [0.2, 0.25) is 0 Å². The minimum Gasteiger partial charge on any atom is -0.309 e. The van der Waals surface area contributed by atoms with Crippen LogP contribution in [0.15, 0.2) is 206 Å². The van der Waals surface area contributed by atoms with Gasteiger partial charge in [-0.05, 0) is 53.6 Å². The molecule has 6 nitrogen and oxygen atoms in total. The van der Waals surface area contributed by atoms with E-state index in [4.69, 9.17) is 24.9 Å². The average molecular weight is 755 g/mol. The fraction of sp³-hybridized carbons (Fsp3) is 0. The Kier molecular flexibility index (Phi) is 8.37. The Hall–Kier alpha value is -8.09. The summed E-state index contributed by atoms with van der Waals surface area (Å²) < 4.78 is 2.37. The maximum atomic E-state index is 5.41. The van der Waals surface area contributed by atoms with Gasteiger partial charge in [0.1, 0.15) is 0 Å². The summed E-state index contributed by atoms with van der Waals surface area (Å²) >= 11 is 0. The summed E-state index contributed by atoms with van der Waals surface area (Å²) in [4.78, 5) is 25.7. The molecule has 0 radical (unpaired) electrons. The van der Waals surface area contributed by atoms with Crippen molar-refractivity contribution in [2.75, 3.05) is 0 Å². The molecule has 0 bridgehead atoms. The van der Waals surface area contributed by atoms with Crippen LogP contribution >= 0.6 is 0 Å². The van der Waals surface area contributed by atoms with E-state index in [0.29, 0.717) is 23.3 Å². The first-order valence-electron chi connectivity index (χ1n) is 19.7. The Bertz CT molecular complexity index is 3250. The molecule has 0 unspecified atom stereocenters. The van der Waals surface area contributed by atoms with Crippen LogP contribution in [-0.4, -0.2) is 29.5 Å². The van der Waals surface area contributed by atoms with Gasteiger partial charge in [0.05, 0.1) is 27.9 Å². The molecule has 0 spiro atoms. The van der Waals surface area contributed by atoms with E-state index in [9.17, 15) is 0 Å². The monoisotopic (exact) mass is 754 g/mol. The second-order valence-corrected chi connectivity index (χ2v) is 14.5. The number of benzene rings is 8. The second kappa shape index (κ2) is 14.4. The SMILES string of the molecule is c1ccc(-c2ccc3c(c2)c2ccccc2n3-c2ccc(-c3nc(-c4ccccc4)nc(-c4ccccc4)n3)cc2-c2nc(-c3ccccc3)nc3ccccc23)cc1. The molecule has 59 heavy (non-hydrogen) atoms. The van der Waals surface area contributed by atoms with Gasteiger partial charge in [0, 0.05) is 44.0 Å². The third-order valence-electron chi connectivity index (χ3n) is 10.9. The number of rotatable bonds is 7. The van der Waals surface area contributed by atoms with E-state index in [1.54, 1.807) is 0 Å². The molecule has 0 N–H and O–H groups in total. The molecule has 6 heteroatoms. The summed E-state index contributed by atoms with van der Waals surface area (Å²) in [5.41, 5.74) is 11.8. The van der Waals surface area contributed by atoms with Gasteiger partial charge in [-0.2, -0.15) is 0 Å². The summed E-state index contributed by atoms with van der Waals surface area (Å²) in [6.07, 6.45) is 0. The lowest BCUT2D eigenvalue weighted by Crippen LogP contribution is -2.03. The van der Waals surface area contributed by atoms with Gasteiger partial charge >= 0.3 is 0 Å². The van der Waals surface area contributed by atoms with Gasteiger partial charge < -0.3 is 4.57 Å². The normalized spacial score (nSPS) is 11.4. The molecule has 0 aliphatic carbocycles. The summed E-state index contributed by atoms with van der Waals surface area (Å²) in [5, 5.41) is 3.29. The molecular formula is C53H34N6. The smallest absolute Gasteiger partial charge is 0.164 e. The minimum absolute atomic E-state index is 0.571. The predicted molar refractivity (Wildman–Crippen MR) is 240 cm³/mol. The first-order chi connectivity index (χ1) is 29.2. The molecule has 0 saturated carbocycles. The zero-order chi connectivity index (χ0) is 39.1. The van der Waals surface area contributed by atoms with Crippen LogP contribution in [0.4, 0.5) is 0 Å². The van der Waals surface area contributed by atoms with E-state index in [1.165, 1.54) is 21.9 Å². The number of para-hydroxylation sites is 2. The molecule has 11 aromatic rings. The number of hydrogen-bond acceptors (Lipinski definition) is 5. The zero-order valence-corrected chi connectivity index (χ0v) is 31.8. The highest BCUT2D eigenvalue weighted by atomic mass is 15.0. The van der Waals surface area contributed by atoms with Gasteiger partial charge in [0.15, 0.2) is 23.3 Å². The molecule has 0 amide bonds. The van der Waals surface area contributed by atoms with Gasteiger partial charge in [-0.25, -0.2) is 24.9 Å². The molecule has 0 aliphatic heterocycles. The molecule has 8 aromatic carbocycles. The van der Waals surface area contributed by atoms with Gasteiger partial charge in [0.25, 0.3) is 0 Å². The van der Waals surface area contributed by atoms with Crippen molar-refractivity contribution in [3.05, 3.63) is 206 Å². The maximum Gasteiger partial charge on any atom is 0.164 e. The van der Waals surface area contributed by atoms with Crippen LogP contribution in [0.25, 0.3) is 106 Å². The largest absolute Gasteiger partial charge is 0.309 e. The quantitative estimate of drug-likeness (QED) is 0.162. The van der Waals surface area contributed by atoms with Crippen LogP contribution in [0.3, 0.4) is 0 Å². The van der Waals surface area contributed by atoms with Crippen LogP contribution in [0.1, 0.15) is 0 Å². The molecular weight excluding hydrogens is 721 g/mol. The van der Waals surface area contributed by atoms with Crippen molar-refractivity contribution in [2.45, 2.75) is 0 Å². The van der Waals surface area contributed by atoms with E-state index in [1.807, 2.05) is 84.9 Å². The summed E-state index contributed by atoms with van der Waals surface area (Å²) in [7, 11) is 0. The number of aromatic nitrogens is 6. The van der Waals surface area contributed by atoms with Crippen LogP contribution in [0, 0.1) is 0 Å². The summed E-state index contributed by atoms with van der Waals surface area (Å²) in [5.74, 6) is 2.44. The minimum atomic E-state index is 0.571. The Labute approximate surface area is 340 Å². The fourth-order valence-corrected chi connectivity index (χ4v) is 8.04. The highest BCUT2D eigenvalue weighted by Crippen LogP contribution is 2.41. The Morgan fingerprint density at radius 2 is 0.763 bits per heavy atom. The average Bonchev–Trinajstić information content (AvgIpc) is 3.65. The van der Waals surface area contributed by atoms with Crippen molar-refractivity contribution in [1.82, 2.24) is 29.5 Å². The lowest BCUT2D eigenvalue weighted by atomic mass is 10.00. The molecule has 0 saturated heterocycles. The Morgan fingerprint density at radius 3 is 1.39 bits per heavy atom. The number of fused-ring (bicyclic) bond motifs is 4. The third-order valence-corrected chi connectivity index (χ3v) is 10.9. The van der Waals surface area contributed by atoms with Crippen molar-refractivity contribution in [3.63, 3.8) is 0 Å². The van der Waals surface area contributed by atoms with Crippen LogP contribution < -0.4 is 0 Å². The van der Waals surface area contributed by atoms with Gasteiger partial charge in [-0.3, -0.25) is 0 Å². The maximum absolute atomic E-state index is 5.41. The topological polar surface area (TPSA) is 69.4 Å². The Morgan fingerprint density at radius 1 is 0.288 bits per heavy atom. The number of hydrogen-bond donors (Lipinski definition) is 0. The van der Waals surface area contributed by atoms with Crippen molar-refractivity contribution in [3.8, 4) is 73.6 Å². The molecule has 0 fully saturated rings. The molecule has 0 atom stereocenters. The van der Waals surface area contributed by atoms with E-state index in [-0.39, 0.29) is 0 Å². The highest BCUT2D eigenvalue weighted by Gasteiger charge is 2.22. The van der Waals surface area contributed by atoms with E-state index >= 15 is 0 Å². The molecule has 3 heterocycles. The van der Waals surface area contributed by atoms with Gasteiger partial charge in [-0.1, -0.05) is 164 Å². The van der Waals surface area contributed by atoms with E-state index < -0.39 is 0 Å². The lowest BCUT2D eigenvalue weighted by Gasteiger charge is -2.17. The summed E-state index contributed by atoms with van der Waals surface area (Å²) in [6.45, 7) is 0. The molecule has 3 aromatic heterocycles. The second-order valence-electron chi connectivity index (χ2n) is 14.5. The Balaban J connectivity index is 1.21. The van der Waals surface area contributed by atoms with E-state index in [0.717, 1.165) is 61.1 Å². The van der Waals surface area contributed by atoms with Gasteiger partial charge in [-0.15, -0.1) is 0 Å². The van der Waals surface area contributed by atoms with Crippen molar-refractivity contribution < 1.29 is 0 Å². The lowest BCUT2D eigenvalue weighted by molar-refractivity contribution is 1.07. The zero-order valence-electron chi connectivity index (χ0n) is 31.8. The van der Waals surface area contributed by atoms with Crippen LogP contribution in [-0.2, 0) is 0 Å². The molecule has 276 valence electrons. The van der Waals surface area contributed by atoms with Gasteiger partial charge in [0.2, 0.25) is 0 Å². The standard InChI is InChI=1S/C53H34N6/c1-5-17-35(18-6-1)39-29-31-47-43(33-39)41-25-14-16-28-46(41)59(47)48-32-30-40(53-57-51(37-21-9-3-10-22-37)56-52(58-53)38-23-11-4-12-24-38)34-44(48)49-42-26-13-15-27-45(42)54-50(55-49)36-19-7-2-8-20-36/h1-34H. The fourth-order valence-electron chi connectivity index (χ4n) is 8.04. The number of nitrogens with zero attached hydrogens (tertiary/aromatic N) is 6. The molecule has 0 aliphatic rings. The first-order valence-corrected chi connectivity index (χ1v) is 19.7. The highest BCUT2D eigenvalue weighted by molar-refractivity contribution is 6.11. The van der Waals surface area contributed by atoms with Crippen LogP contribution in [0.5, 0.6) is 0 Å². The van der Waals surface area contributed by atoms with Crippen molar-refractivity contribution in [2.24, 2.45) is 0 Å².